The lowest BCUT2D eigenvalue weighted by atomic mass is 9.57. The summed E-state index contributed by atoms with van der Waals surface area (Å²) in [5.74, 6) is -4.80. The van der Waals surface area contributed by atoms with Gasteiger partial charge in [0.05, 0.1) is 42.2 Å². The van der Waals surface area contributed by atoms with E-state index in [1.807, 2.05) is 91.0 Å². The van der Waals surface area contributed by atoms with Gasteiger partial charge in [-0.25, -0.2) is 0 Å². The molecular weight excluding hydrogens is 693 g/mol. The van der Waals surface area contributed by atoms with Gasteiger partial charge in [-0.2, -0.15) is 0 Å². The molecule has 2 saturated heterocycles. The third-order valence-electron chi connectivity index (χ3n) is 11.6. The molecule has 0 unspecified atom stereocenters. The van der Waals surface area contributed by atoms with Crippen molar-refractivity contribution in [2.75, 3.05) is 27.5 Å². The number of hydrogen-bond acceptors (Lipinski definition) is 8. The van der Waals surface area contributed by atoms with Crippen LogP contribution < -0.4 is 25.2 Å². The summed E-state index contributed by atoms with van der Waals surface area (Å²) in [5.41, 5.74) is 5.88. The number of amides is 4. The topological polar surface area (TPSA) is 128 Å². The third kappa shape index (κ3) is 5.81. The van der Waals surface area contributed by atoms with Gasteiger partial charge in [-0.1, -0.05) is 54.1 Å². The molecule has 5 aromatic carbocycles. The summed E-state index contributed by atoms with van der Waals surface area (Å²) in [6.07, 6.45) is 2.57. The predicted molar refractivity (Wildman–Crippen MR) is 209 cm³/mol. The zero-order chi connectivity index (χ0) is 37.8. The van der Waals surface area contributed by atoms with Gasteiger partial charge in [0.25, 0.3) is 0 Å². The van der Waals surface area contributed by atoms with E-state index in [0.29, 0.717) is 29.1 Å². The summed E-state index contributed by atoms with van der Waals surface area (Å²) in [6.45, 7) is 0. The number of methoxy groups -OCH3 is 1. The van der Waals surface area contributed by atoms with Crippen LogP contribution in [-0.2, 0) is 19.2 Å². The van der Waals surface area contributed by atoms with Crippen LogP contribution in [-0.4, -0.2) is 35.8 Å². The van der Waals surface area contributed by atoms with Crippen molar-refractivity contribution in [1.29, 1.82) is 0 Å². The first-order valence-electron chi connectivity index (χ1n) is 18.5. The lowest BCUT2D eigenvalue weighted by molar-refractivity contribution is -0.126. The first-order valence-corrected chi connectivity index (χ1v) is 18.5. The molecule has 1 saturated carbocycles. The molecule has 0 aromatic heterocycles. The van der Waals surface area contributed by atoms with E-state index in [4.69, 9.17) is 4.74 Å². The minimum Gasteiger partial charge on any atom is -0.508 e. The highest BCUT2D eigenvalue weighted by molar-refractivity contribution is 6.24. The number of anilines is 6. The Kier molecular flexibility index (Phi) is 8.45. The number of hydrogen-bond donors (Lipinski definition) is 3. The zero-order valence-corrected chi connectivity index (χ0v) is 30.0. The highest BCUT2D eigenvalue weighted by Crippen LogP contribution is 2.59. The first-order chi connectivity index (χ1) is 26.8. The highest BCUT2D eigenvalue weighted by Gasteiger charge is 2.62. The summed E-state index contributed by atoms with van der Waals surface area (Å²) < 4.78 is 5.75. The van der Waals surface area contributed by atoms with E-state index in [1.54, 1.807) is 36.4 Å². The minimum absolute atomic E-state index is 0.000883. The highest BCUT2D eigenvalue weighted by atomic mass is 16.5. The molecule has 0 bridgehead atoms. The van der Waals surface area contributed by atoms with Gasteiger partial charge in [0.1, 0.15) is 11.5 Å². The number of carbonyl (C=O) groups is 4. The first kappa shape index (κ1) is 34.1. The van der Waals surface area contributed by atoms with Crippen molar-refractivity contribution < 1.29 is 29.0 Å². The van der Waals surface area contributed by atoms with Gasteiger partial charge < -0.3 is 20.5 Å². The molecule has 3 N–H and O–H groups in total. The molecule has 10 nitrogen and oxygen atoms in total. The Labute approximate surface area is 318 Å². The van der Waals surface area contributed by atoms with Gasteiger partial charge in [0, 0.05) is 40.3 Å². The Morgan fingerprint density at radius 1 is 0.582 bits per heavy atom. The number of allylic oxidation sites excluding steroid dienone is 2. The molecule has 0 spiro atoms. The second-order valence-corrected chi connectivity index (χ2v) is 14.6. The van der Waals surface area contributed by atoms with Crippen molar-refractivity contribution in [2.24, 2.45) is 29.6 Å². The lowest BCUT2D eigenvalue weighted by Crippen LogP contribution is -2.43. The number of phenolic OH excluding ortho intramolecular Hbond substituents is 1. The molecule has 0 radical (unpaired) electrons. The molecule has 4 amide bonds. The fourth-order valence-electron chi connectivity index (χ4n) is 9.17. The number of aromatic hydroxyl groups is 1. The second kappa shape index (κ2) is 13.6. The Morgan fingerprint density at radius 2 is 1.09 bits per heavy atom. The number of rotatable bonds is 8. The molecule has 274 valence electrons. The molecule has 6 atom stereocenters. The summed E-state index contributed by atoms with van der Waals surface area (Å²) in [6, 6.07) is 38.6. The van der Waals surface area contributed by atoms with Crippen molar-refractivity contribution in [3.8, 4) is 11.5 Å². The molecule has 55 heavy (non-hydrogen) atoms. The summed E-state index contributed by atoms with van der Waals surface area (Å²) in [7, 11) is 1.50. The monoisotopic (exact) mass is 730 g/mol. The van der Waals surface area contributed by atoms with Crippen LogP contribution in [0.1, 0.15) is 24.3 Å². The SMILES string of the molecule is COc1cc(O)ccc1[C@H]1C2=CC[C@@H]3C(=O)N(c4ccc(Nc5ccccc5)cc4)C(=O)[C@@H]3[C@@H]2C[C@H]2C(=O)N(c3ccc(Nc4ccccc4)cc3)C(=O)[C@@H]12. The van der Waals surface area contributed by atoms with Gasteiger partial charge in [0.2, 0.25) is 23.6 Å². The van der Waals surface area contributed by atoms with Crippen LogP contribution in [0, 0.1) is 29.6 Å². The molecule has 2 heterocycles. The summed E-state index contributed by atoms with van der Waals surface area (Å²) in [5, 5.41) is 17.0. The normalized spacial score (nSPS) is 24.2. The molecule has 10 heteroatoms. The Bertz CT molecular complexity index is 2350. The number of imide groups is 2. The van der Waals surface area contributed by atoms with Crippen molar-refractivity contribution in [3.63, 3.8) is 0 Å². The van der Waals surface area contributed by atoms with Crippen LogP contribution in [0.3, 0.4) is 0 Å². The number of para-hydroxylation sites is 2. The van der Waals surface area contributed by atoms with E-state index in [9.17, 15) is 24.3 Å². The van der Waals surface area contributed by atoms with E-state index in [1.165, 1.54) is 23.0 Å². The van der Waals surface area contributed by atoms with Crippen LogP contribution in [0.25, 0.3) is 0 Å². The van der Waals surface area contributed by atoms with Crippen molar-refractivity contribution in [3.05, 3.63) is 145 Å². The molecular formula is C45H38N4O6. The molecule has 3 fully saturated rings. The summed E-state index contributed by atoms with van der Waals surface area (Å²) >= 11 is 0. The maximum atomic E-state index is 14.6. The van der Waals surface area contributed by atoms with Crippen molar-refractivity contribution >= 4 is 57.8 Å². The van der Waals surface area contributed by atoms with Gasteiger partial charge in [0.15, 0.2) is 0 Å². The molecule has 2 aliphatic heterocycles. The quantitative estimate of drug-likeness (QED) is 0.109. The van der Waals surface area contributed by atoms with Gasteiger partial charge in [-0.15, -0.1) is 0 Å². The second-order valence-electron chi connectivity index (χ2n) is 14.6. The van der Waals surface area contributed by atoms with Crippen molar-refractivity contribution in [2.45, 2.75) is 18.8 Å². The Hall–Kier alpha value is -6.68. The average molecular weight is 731 g/mol. The molecule has 9 rings (SSSR count). The maximum Gasteiger partial charge on any atom is 0.238 e. The number of carbonyl (C=O) groups excluding carboxylic acids is 4. The smallest absolute Gasteiger partial charge is 0.238 e. The van der Waals surface area contributed by atoms with Crippen LogP contribution in [0.5, 0.6) is 11.5 Å². The van der Waals surface area contributed by atoms with E-state index >= 15 is 0 Å². The average Bonchev–Trinajstić information content (AvgIpc) is 3.62. The largest absolute Gasteiger partial charge is 0.508 e. The number of nitrogens with zero attached hydrogens (tertiary/aromatic N) is 2. The van der Waals surface area contributed by atoms with Crippen LogP contribution in [0.2, 0.25) is 0 Å². The van der Waals surface area contributed by atoms with Crippen molar-refractivity contribution in [1.82, 2.24) is 0 Å². The Balaban J connectivity index is 1.05. The van der Waals surface area contributed by atoms with E-state index in [-0.39, 0.29) is 35.8 Å². The van der Waals surface area contributed by atoms with E-state index in [2.05, 4.69) is 10.6 Å². The minimum atomic E-state index is -0.778. The number of benzene rings is 5. The third-order valence-corrected chi connectivity index (χ3v) is 11.6. The van der Waals surface area contributed by atoms with E-state index < -0.39 is 35.5 Å². The number of nitrogens with one attached hydrogen (secondary N) is 2. The van der Waals surface area contributed by atoms with Crippen LogP contribution in [0.15, 0.2) is 139 Å². The molecule has 2 aliphatic carbocycles. The molecule has 4 aliphatic rings. The van der Waals surface area contributed by atoms with Crippen LogP contribution >= 0.6 is 0 Å². The summed E-state index contributed by atoms with van der Waals surface area (Å²) in [4.78, 5) is 60.3. The number of phenols is 1. The predicted octanol–water partition coefficient (Wildman–Crippen LogP) is 7.93. The fourth-order valence-corrected chi connectivity index (χ4v) is 9.17. The van der Waals surface area contributed by atoms with Crippen LogP contribution in [0.4, 0.5) is 34.1 Å². The maximum absolute atomic E-state index is 14.6. The zero-order valence-electron chi connectivity index (χ0n) is 30.0. The Morgan fingerprint density at radius 3 is 1.64 bits per heavy atom. The standard InChI is InChI=1S/C45H38N4O6/c1-55-38-24-32(50)20-21-34(38)39-33-22-23-35-40(44(53)48(42(35)51)30-16-12-28(13-17-30)46-26-8-4-2-5-9-26)36(33)25-37-41(39)45(54)49(43(37)52)31-18-14-29(15-19-31)47-27-10-6-3-7-11-27/h2-22,24,35-37,39-41,46-47,50H,23,25H2,1H3/t35-,36+,37+,39+,40-,41+/m0/s1. The van der Waals surface area contributed by atoms with Gasteiger partial charge in [-0.3, -0.25) is 29.0 Å². The lowest BCUT2D eigenvalue weighted by Gasteiger charge is -2.44. The molecule has 5 aromatic rings. The number of fused-ring (bicyclic) bond motifs is 4. The van der Waals surface area contributed by atoms with E-state index in [0.717, 1.165) is 28.3 Å². The number of ether oxygens (including phenoxy) is 1. The van der Waals surface area contributed by atoms with Gasteiger partial charge >= 0.3 is 0 Å². The fraction of sp³-hybridized carbons (Fsp3) is 0.200. The van der Waals surface area contributed by atoms with Gasteiger partial charge in [-0.05, 0) is 97.6 Å².